The molecule has 21 heavy (non-hydrogen) atoms. The molecule has 0 saturated carbocycles. The molecule has 0 aromatic heterocycles. The summed E-state index contributed by atoms with van der Waals surface area (Å²) in [6.07, 6.45) is 3.93. The SMILES string of the molecule is COc1cccc(C(N)(C(C)C)C(C)N2CCCCC2)c1. The molecule has 2 unspecified atom stereocenters. The highest BCUT2D eigenvalue weighted by Crippen LogP contribution is 2.35. The Morgan fingerprint density at radius 1 is 1.14 bits per heavy atom. The van der Waals surface area contributed by atoms with E-state index < -0.39 is 0 Å². The number of nitrogens with zero attached hydrogens (tertiary/aromatic N) is 1. The molecule has 1 fully saturated rings. The van der Waals surface area contributed by atoms with Gasteiger partial charge in [-0.15, -0.1) is 0 Å². The van der Waals surface area contributed by atoms with Gasteiger partial charge in [-0.05, 0) is 56.5 Å². The Bertz CT molecular complexity index is 454. The molecule has 2 N–H and O–H groups in total. The average Bonchev–Trinajstić information content (AvgIpc) is 2.54. The van der Waals surface area contributed by atoms with Crippen LogP contribution in [0.5, 0.6) is 5.75 Å². The van der Waals surface area contributed by atoms with Crippen LogP contribution < -0.4 is 10.5 Å². The number of likely N-dealkylation sites (tertiary alicyclic amines) is 1. The normalized spacial score (nSPS) is 21.0. The zero-order valence-corrected chi connectivity index (χ0v) is 13.9. The van der Waals surface area contributed by atoms with Crippen molar-refractivity contribution in [2.24, 2.45) is 11.7 Å². The quantitative estimate of drug-likeness (QED) is 0.903. The lowest BCUT2D eigenvalue weighted by molar-refractivity contribution is 0.0822. The second-order valence-corrected chi connectivity index (χ2v) is 6.59. The van der Waals surface area contributed by atoms with Gasteiger partial charge in [0.05, 0.1) is 12.6 Å². The number of rotatable bonds is 5. The number of ether oxygens (including phenoxy) is 1. The molecule has 1 heterocycles. The van der Waals surface area contributed by atoms with E-state index in [4.69, 9.17) is 10.5 Å². The van der Waals surface area contributed by atoms with Gasteiger partial charge in [0.1, 0.15) is 5.75 Å². The molecule has 118 valence electrons. The lowest BCUT2D eigenvalue weighted by atomic mass is 9.74. The predicted octanol–water partition coefficient (Wildman–Crippen LogP) is 3.38. The lowest BCUT2D eigenvalue weighted by Gasteiger charge is -2.46. The molecule has 1 aliphatic rings. The fourth-order valence-corrected chi connectivity index (χ4v) is 3.56. The molecule has 1 aliphatic heterocycles. The van der Waals surface area contributed by atoms with Gasteiger partial charge >= 0.3 is 0 Å². The van der Waals surface area contributed by atoms with Crippen molar-refractivity contribution < 1.29 is 4.74 Å². The first kappa shape index (κ1) is 16.3. The van der Waals surface area contributed by atoms with E-state index in [0.717, 1.165) is 18.8 Å². The molecule has 0 bridgehead atoms. The van der Waals surface area contributed by atoms with Gasteiger partial charge in [-0.1, -0.05) is 32.4 Å². The van der Waals surface area contributed by atoms with Gasteiger partial charge in [-0.3, -0.25) is 4.90 Å². The van der Waals surface area contributed by atoms with Gasteiger partial charge in [0.15, 0.2) is 0 Å². The maximum Gasteiger partial charge on any atom is 0.119 e. The summed E-state index contributed by atoms with van der Waals surface area (Å²) >= 11 is 0. The Kier molecular flexibility index (Phi) is 5.28. The van der Waals surface area contributed by atoms with E-state index in [-0.39, 0.29) is 5.54 Å². The zero-order chi connectivity index (χ0) is 15.5. The zero-order valence-electron chi connectivity index (χ0n) is 13.9. The van der Waals surface area contributed by atoms with Gasteiger partial charge in [0, 0.05) is 6.04 Å². The number of nitrogens with two attached hydrogens (primary N) is 1. The lowest BCUT2D eigenvalue weighted by Crippen LogP contribution is -2.58. The van der Waals surface area contributed by atoms with Crippen LogP contribution >= 0.6 is 0 Å². The molecule has 2 atom stereocenters. The van der Waals surface area contributed by atoms with Crippen molar-refractivity contribution >= 4 is 0 Å². The van der Waals surface area contributed by atoms with Crippen molar-refractivity contribution in [2.75, 3.05) is 20.2 Å². The summed E-state index contributed by atoms with van der Waals surface area (Å²) < 4.78 is 5.39. The highest BCUT2D eigenvalue weighted by atomic mass is 16.5. The number of piperidine rings is 1. The molecule has 3 heteroatoms. The summed E-state index contributed by atoms with van der Waals surface area (Å²) in [5.74, 6) is 1.25. The van der Waals surface area contributed by atoms with E-state index in [1.807, 2.05) is 12.1 Å². The summed E-state index contributed by atoms with van der Waals surface area (Å²) in [5.41, 5.74) is 7.78. The maximum absolute atomic E-state index is 6.96. The van der Waals surface area contributed by atoms with E-state index in [9.17, 15) is 0 Å². The van der Waals surface area contributed by atoms with Gasteiger partial charge in [0.25, 0.3) is 0 Å². The fraction of sp³-hybridized carbons (Fsp3) is 0.667. The molecular weight excluding hydrogens is 260 g/mol. The van der Waals surface area contributed by atoms with Crippen LogP contribution in [0.4, 0.5) is 0 Å². The molecule has 1 aromatic rings. The summed E-state index contributed by atoms with van der Waals surface area (Å²) in [4.78, 5) is 2.56. The number of benzene rings is 1. The third kappa shape index (κ3) is 3.24. The molecule has 0 spiro atoms. The molecule has 2 rings (SSSR count). The molecule has 0 aliphatic carbocycles. The summed E-state index contributed by atoms with van der Waals surface area (Å²) in [7, 11) is 1.71. The standard InChI is InChI=1S/C18H30N2O/c1-14(2)18(19,15(3)20-11-6-5-7-12-20)16-9-8-10-17(13-16)21-4/h8-10,13-15H,5-7,11-12,19H2,1-4H3. The van der Waals surface area contributed by atoms with Crippen LogP contribution in [0.2, 0.25) is 0 Å². The van der Waals surface area contributed by atoms with Crippen LogP contribution in [-0.4, -0.2) is 31.1 Å². The van der Waals surface area contributed by atoms with Gasteiger partial charge in [-0.25, -0.2) is 0 Å². The minimum Gasteiger partial charge on any atom is -0.497 e. The Hall–Kier alpha value is -1.06. The molecule has 1 saturated heterocycles. The fourth-order valence-electron chi connectivity index (χ4n) is 3.56. The smallest absolute Gasteiger partial charge is 0.119 e. The van der Waals surface area contributed by atoms with Crippen molar-refractivity contribution in [1.82, 2.24) is 4.90 Å². The van der Waals surface area contributed by atoms with Crippen molar-refractivity contribution in [3.05, 3.63) is 29.8 Å². The van der Waals surface area contributed by atoms with E-state index in [1.165, 1.54) is 24.8 Å². The number of hydrogen-bond acceptors (Lipinski definition) is 3. The third-order valence-corrected chi connectivity index (χ3v) is 5.15. The monoisotopic (exact) mass is 290 g/mol. The predicted molar refractivity (Wildman–Crippen MR) is 88.6 cm³/mol. The van der Waals surface area contributed by atoms with Crippen LogP contribution in [0, 0.1) is 5.92 Å². The largest absolute Gasteiger partial charge is 0.497 e. The second-order valence-electron chi connectivity index (χ2n) is 6.59. The van der Waals surface area contributed by atoms with Crippen LogP contribution in [0.15, 0.2) is 24.3 Å². The van der Waals surface area contributed by atoms with E-state index >= 15 is 0 Å². The first-order valence-electron chi connectivity index (χ1n) is 8.17. The van der Waals surface area contributed by atoms with E-state index in [0.29, 0.717) is 12.0 Å². The van der Waals surface area contributed by atoms with Gasteiger partial charge in [-0.2, -0.15) is 0 Å². The number of hydrogen-bond donors (Lipinski definition) is 1. The molecule has 3 nitrogen and oxygen atoms in total. The number of methoxy groups -OCH3 is 1. The molecule has 1 aromatic carbocycles. The van der Waals surface area contributed by atoms with Crippen LogP contribution in [-0.2, 0) is 5.54 Å². The summed E-state index contributed by atoms with van der Waals surface area (Å²) in [5, 5.41) is 0. The third-order valence-electron chi connectivity index (χ3n) is 5.15. The minimum atomic E-state index is -0.355. The highest BCUT2D eigenvalue weighted by Gasteiger charge is 2.40. The first-order valence-corrected chi connectivity index (χ1v) is 8.17. The van der Waals surface area contributed by atoms with E-state index in [2.05, 4.69) is 37.8 Å². The maximum atomic E-state index is 6.96. The Morgan fingerprint density at radius 3 is 2.38 bits per heavy atom. The van der Waals surface area contributed by atoms with Crippen molar-refractivity contribution in [3.8, 4) is 5.75 Å². The Morgan fingerprint density at radius 2 is 1.81 bits per heavy atom. The van der Waals surface area contributed by atoms with E-state index in [1.54, 1.807) is 7.11 Å². The topological polar surface area (TPSA) is 38.5 Å². The minimum absolute atomic E-state index is 0.324. The van der Waals surface area contributed by atoms with Crippen LogP contribution in [0.3, 0.4) is 0 Å². The summed E-state index contributed by atoms with van der Waals surface area (Å²) in [6, 6.07) is 8.59. The average molecular weight is 290 g/mol. The van der Waals surface area contributed by atoms with Gasteiger partial charge in [0.2, 0.25) is 0 Å². The molecule has 0 radical (unpaired) electrons. The van der Waals surface area contributed by atoms with Crippen molar-refractivity contribution in [2.45, 2.75) is 51.6 Å². The van der Waals surface area contributed by atoms with Crippen LogP contribution in [0.25, 0.3) is 0 Å². The Balaban J connectivity index is 2.34. The van der Waals surface area contributed by atoms with Gasteiger partial charge < -0.3 is 10.5 Å². The van der Waals surface area contributed by atoms with Crippen molar-refractivity contribution in [1.29, 1.82) is 0 Å². The first-order chi connectivity index (χ1) is 10.00. The Labute approximate surface area is 129 Å². The highest BCUT2D eigenvalue weighted by molar-refractivity contribution is 5.35. The molecule has 0 amide bonds. The molecular formula is C18H30N2O. The van der Waals surface area contributed by atoms with Crippen LogP contribution in [0.1, 0.15) is 45.6 Å². The second kappa shape index (κ2) is 6.80. The summed E-state index contributed by atoms with van der Waals surface area (Å²) in [6.45, 7) is 9.05. The van der Waals surface area contributed by atoms with Crippen molar-refractivity contribution in [3.63, 3.8) is 0 Å².